The Morgan fingerprint density at radius 2 is 1.92 bits per heavy atom. The smallest absolute Gasteiger partial charge is 0.222 e. The average molecular weight is 356 g/mol. The largest absolute Gasteiger partial charge is 0.506 e. The molecule has 1 N–H and O–H groups in total. The summed E-state index contributed by atoms with van der Waals surface area (Å²) in [7, 11) is 1.85. The van der Waals surface area contributed by atoms with E-state index in [4.69, 9.17) is 0 Å². The minimum atomic E-state index is -0.246. The van der Waals surface area contributed by atoms with Crippen LogP contribution in [0, 0.1) is 5.82 Å². The van der Waals surface area contributed by atoms with E-state index < -0.39 is 0 Å². The minimum absolute atomic E-state index is 0.0689. The number of aromatic nitrogens is 1. The molecule has 0 spiro atoms. The zero-order valence-corrected chi connectivity index (χ0v) is 15.1. The van der Waals surface area contributed by atoms with Crippen molar-refractivity contribution in [3.63, 3.8) is 0 Å². The lowest BCUT2D eigenvalue weighted by Crippen LogP contribution is -2.39. The summed E-state index contributed by atoms with van der Waals surface area (Å²) in [4.78, 5) is 18.6. The number of aromatic hydroxyl groups is 1. The van der Waals surface area contributed by atoms with Gasteiger partial charge in [-0.2, -0.15) is 0 Å². The number of benzene rings is 1. The van der Waals surface area contributed by atoms with E-state index in [-0.39, 0.29) is 23.5 Å². The first-order chi connectivity index (χ1) is 12.5. The molecule has 1 saturated carbocycles. The molecule has 138 valence electrons. The van der Waals surface area contributed by atoms with Gasteiger partial charge < -0.3 is 10.0 Å². The summed E-state index contributed by atoms with van der Waals surface area (Å²) in [5.41, 5.74) is 1.60. The quantitative estimate of drug-likeness (QED) is 0.879. The molecule has 4 nitrogen and oxygen atoms in total. The molecule has 1 fully saturated rings. The highest BCUT2D eigenvalue weighted by molar-refractivity contribution is 5.76. The molecule has 5 heteroatoms. The van der Waals surface area contributed by atoms with Crippen LogP contribution in [0.5, 0.6) is 5.75 Å². The van der Waals surface area contributed by atoms with Gasteiger partial charge in [0, 0.05) is 31.1 Å². The summed E-state index contributed by atoms with van der Waals surface area (Å²) < 4.78 is 13.7. The van der Waals surface area contributed by atoms with Gasteiger partial charge in [-0.15, -0.1) is 0 Å². The van der Waals surface area contributed by atoms with E-state index in [1.807, 2.05) is 18.0 Å². The maximum absolute atomic E-state index is 13.7. The number of amides is 1. The number of pyridine rings is 1. The minimum Gasteiger partial charge on any atom is -0.506 e. The third-order valence-electron chi connectivity index (χ3n) is 5.39. The van der Waals surface area contributed by atoms with Crippen molar-refractivity contribution < 1.29 is 14.3 Å². The topological polar surface area (TPSA) is 53.4 Å². The van der Waals surface area contributed by atoms with Crippen LogP contribution in [-0.4, -0.2) is 34.0 Å². The fourth-order valence-electron chi connectivity index (χ4n) is 3.72. The van der Waals surface area contributed by atoms with Crippen LogP contribution in [0.15, 0.2) is 42.6 Å². The predicted molar refractivity (Wildman–Crippen MR) is 98.4 cm³/mol. The van der Waals surface area contributed by atoms with E-state index in [1.54, 1.807) is 24.3 Å². The second-order valence-corrected chi connectivity index (χ2v) is 7.04. The molecule has 1 amide bonds. The molecule has 1 aromatic heterocycles. The molecule has 0 bridgehead atoms. The van der Waals surface area contributed by atoms with Crippen LogP contribution in [0.25, 0.3) is 0 Å². The SMILES string of the molecule is CN(C(=O)CCc1ccccc1F)C1CCC(c2ccc(O)cn2)CC1. The van der Waals surface area contributed by atoms with Crippen molar-refractivity contribution >= 4 is 5.91 Å². The van der Waals surface area contributed by atoms with Gasteiger partial charge in [0.1, 0.15) is 11.6 Å². The summed E-state index contributed by atoms with van der Waals surface area (Å²) >= 11 is 0. The van der Waals surface area contributed by atoms with E-state index >= 15 is 0 Å². The maximum atomic E-state index is 13.7. The molecular weight excluding hydrogens is 331 g/mol. The fraction of sp³-hybridized carbons (Fsp3) is 0.429. The second-order valence-electron chi connectivity index (χ2n) is 7.04. The number of carbonyl (C=O) groups excluding carboxylic acids is 1. The van der Waals surface area contributed by atoms with E-state index in [0.29, 0.717) is 24.3 Å². The monoisotopic (exact) mass is 356 g/mol. The number of aryl methyl sites for hydroxylation is 1. The molecule has 1 aromatic carbocycles. The number of halogens is 1. The van der Waals surface area contributed by atoms with Gasteiger partial charge in [-0.25, -0.2) is 4.39 Å². The predicted octanol–water partition coefficient (Wildman–Crippen LogP) is 4.04. The fourth-order valence-corrected chi connectivity index (χ4v) is 3.72. The second kappa shape index (κ2) is 8.30. The van der Waals surface area contributed by atoms with Crippen LogP contribution in [-0.2, 0) is 11.2 Å². The van der Waals surface area contributed by atoms with Crippen LogP contribution < -0.4 is 0 Å². The molecule has 1 heterocycles. The first-order valence-electron chi connectivity index (χ1n) is 9.18. The van der Waals surface area contributed by atoms with Crippen LogP contribution in [0.2, 0.25) is 0 Å². The van der Waals surface area contributed by atoms with Gasteiger partial charge >= 0.3 is 0 Å². The van der Waals surface area contributed by atoms with Gasteiger partial charge in [0.25, 0.3) is 0 Å². The first-order valence-corrected chi connectivity index (χ1v) is 9.18. The Labute approximate surface area is 153 Å². The number of carbonyl (C=O) groups is 1. The third-order valence-corrected chi connectivity index (χ3v) is 5.39. The highest BCUT2D eigenvalue weighted by Crippen LogP contribution is 2.34. The number of hydrogen-bond donors (Lipinski definition) is 1. The van der Waals surface area contributed by atoms with Crippen LogP contribution in [0.4, 0.5) is 4.39 Å². The molecule has 1 aliphatic carbocycles. The van der Waals surface area contributed by atoms with Gasteiger partial charge in [-0.1, -0.05) is 18.2 Å². The van der Waals surface area contributed by atoms with Crippen molar-refractivity contribution in [1.82, 2.24) is 9.88 Å². The maximum Gasteiger partial charge on any atom is 0.222 e. The molecule has 0 saturated heterocycles. The van der Waals surface area contributed by atoms with Crippen molar-refractivity contribution in [2.45, 2.75) is 50.5 Å². The lowest BCUT2D eigenvalue weighted by atomic mass is 9.83. The summed E-state index contributed by atoms with van der Waals surface area (Å²) in [6.45, 7) is 0. The van der Waals surface area contributed by atoms with Crippen LogP contribution in [0.1, 0.15) is 49.3 Å². The zero-order chi connectivity index (χ0) is 18.5. The summed E-state index contributed by atoms with van der Waals surface area (Å²) in [5, 5.41) is 9.35. The standard InChI is InChI=1S/C21H25FN2O2/c1-24(21(26)13-8-15-4-2-3-5-19(15)22)17-9-6-16(7-10-17)20-12-11-18(25)14-23-20/h2-5,11-12,14,16-17,25H,6-10,13H2,1H3. The molecule has 0 radical (unpaired) electrons. The molecule has 0 aliphatic heterocycles. The van der Waals surface area contributed by atoms with Crippen LogP contribution >= 0.6 is 0 Å². The van der Waals surface area contributed by atoms with Gasteiger partial charge in [0.05, 0.1) is 6.20 Å². The van der Waals surface area contributed by atoms with E-state index in [0.717, 1.165) is 31.4 Å². The van der Waals surface area contributed by atoms with E-state index in [1.165, 1.54) is 12.3 Å². The van der Waals surface area contributed by atoms with Gasteiger partial charge in [-0.05, 0) is 55.9 Å². The third kappa shape index (κ3) is 4.40. The summed E-state index contributed by atoms with van der Waals surface area (Å²) in [5.74, 6) is 0.390. The Morgan fingerprint density at radius 3 is 2.58 bits per heavy atom. The average Bonchev–Trinajstić information content (AvgIpc) is 2.67. The van der Waals surface area contributed by atoms with Crippen molar-refractivity contribution in [3.05, 3.63) is 59.7 Å². The van der Waals surface area contributed by atoms with Crippen molar-refractivity contribution in [2.75, 3.05) is 7.05 Å². The van der Waals surface area contributed by atoms with Gasteiger partial charge in [0.15, 0.2) is 0 Å². The Kier molecular flexibility index (Phi) is 5.86. The van der Waals surface area contributed by atoms with Crippen molar-refractivity contribution in [3.8, 4) is 5.75 Å². The van der Waals surface area contributed by atoms with Crippen molar-refractivity contribution in [1.29, 1.82) is 0 Å². The lowest BCUT2D eigenvalue weighted by molar-refractivity contribution is -0.132. The number of rotatable bonds is 5. The zero-order valence-electron chi connectivity index (χ0n) is 15.1. The Hall–Kier alpha value is -2.43. The molecular formula is C21H25FN2O2. The van der Waals surface area contributed by atoms with E-state index in [2.05, 4.69) is 4.98 Å². The molecule has 1 aliphatic rings. The summed E-state index contributed by atoms with van der Waals surface area (Å²) in [6, 6.07) is 10.4. The molecule has 2 aromatic rings. The number of hydrogen-bond acceptors (Lipinski definition) is 3. The van der Waals surface area contributed by atoms with Crippen molar-refractivity contribution in [2.24, 2.45) is 0 Å². The molecule has 0 atom stereocenters. The molecule has 26 heavy (non-hydrogen) atoms. The molecule has 3 rings (SSSR count). The Morgan fingerprint density at radius 1 is 1.19 bits per heavy atom. The van der Waals surface area contributed by atoms with Crippen LogP contribution in [0.3, 0.4) is 0 Å². The normalized spacial score (nSPS) is 19.9. The highest BCUT2D eigenvalue weighted by atomic mass is 19.1. The highest BCUT2D eigenvalue weighted by Gasteiger charge is 2.27. The Bertz CT molecular complexity index is 740. The van der Waals surface area contributed by atoms with E-state index in [9.17, 15) is 14.3 Å². The Balaban J connectivity index is 1.49. The van der Waals surface area contributed by atoms with Gasteiger partial charge in [-0.3, -0.25) is 9.78 Å². The molecule has 0 unspecified atom stereocenters. The number of nitrogens with zero attached hydrogens (tertiary/aromatic N) is 2. The summed E-state index contributed by atoms with van der Waals surface area (Å²) in [6.07, 6.45) is 6.09. The lowest BCUT2D eigenvalue weighted by Gasteiger charge is -2.34. The van der Waals surface area contributed by atoms with Gasteiger partial charge in [0.2, 0.25) is 5.91 Å². The first kappa shape index (κ1) is 18.4.